The van der Waals surface area contributed by atoms with Gasteiger partial charge >= 0.3 is 0 Å². The molecule has 1 aliphatic rings. The molecule has 1 fully saturated rings. The third-order valence-corrected chi connectivity index (χ3v) is 4.79. The Morgan fingerprint density at radius 1 is 1.33 bits per heavy atom. The average molecular weight is 215 g/mol. The molecule has 0 unspecified atom stereocenters. The van der Waals surface area contributed by atoms with Crippen molar-refractivity contribution in [1.82, 2.24) is 0 Å². The van der Waals surface area contributed by atoms with Gasteiger partial charge < -0.3 is 9.66 Å². The first-order valence-corrected chi connectivity index (χ1v) is 6.35. The third kappa shape index (κ3) is 1.94. The van der Waals surface area contributed by atoms with Gasteiger partial charge in [-0.1, -0.05) is 0 Å². The molecule has 8 heteroatoms. The van der Waals surface area contributed by atoms with Gasteiger partial charge in [-0.2, -0.15) is 0 Å². The zero-order chi connectivity index (χ0) is 9.57. The van der Waals surface area contributed by atoms with Gasteiger partial charge in [0.1, 0.15) is 10.1 Å². The van der Waals surface area contributed by atoms with Gasteiger partial charge in [0.15, 0.2) is 9.84 Å². The molecule has 0 radical (unpaired) electrons. The summed E-state index contributed by atoms with van der Waals surface area (Å²) in [5.41, 5.74) is 0. The zero-order valence-electron chi connectivity index (χ0n) is 5.87. The van der Waals surface area contributed by atoms with Crippen LogP contribution >= 0.6 is 0 Å². The summed E-state index contributed by atoms with van der Waals surface area (Å²) in [6.07, 6.45) is -1.57. The monoisotopic (exact) mass is 215 g/mol. The van der Waals surface area contributed by atoms with Gasteiger partial charge in [0.05, 0.1) is 22.9 Å². The van der Waals surface area contributed by atoms with Crippen LogP contribution in [0.25, 0.3) is 0 Å². The van der Waals surface area contributed by atoms with Crippen molar-refractivity contribution in [3.05, 3.63) is 0 Å². The normalized spacial score (nSPS) is 35.2. The Morgan fingerprint density at radius 3 is 2.00 bits per heavy atom. The van der Waals surface area contributed by atoms with E-state index in [1.165, 1.54) is 0 Å². The quantitative estimate of drug-likeness (QED) is 0.492. The lowest BCUT2D eigenvalue weighted by molar-refractivity contribution is 0.200. The van der Waals surface area contributed by atoms with Crippen LogP contribution in [0.2, 0.25) is 0 Å². The number of sulfone groups is 1. The molecule has 0 aromatic heterocycles. The van der Waals surface area contributed by atoms with Gasteiger partial charge in [0.25, 0.3) is 0 Å². The van der Waals surface area contributed by atoms with Crippen molar-refractivity contribution in [3.63, 3.8) is 0 Å². The maximum Gasteiger partial charge on any atom is 0.154 e. The summed E-state index contributed by atoms with van der Waals surface area (Å²) < 4.78 is 52.5. The van der Waals surface area contributed by atoms with E-state index in [-0.39, 0.29) is 0 Å². The molecule has 1 heterocycles. The minimum atomic E-state index is -4.70. The summed E-state index contributed by atoms with van der Waals surface area (Å²) in [5.74, 6) is -1.40. The third-order valence-electron chi connectivity index (χ3n) is 1.64. The molecule has 2 atom stereocenters. The van der Waals surface area contributed by atoms with E-state index in [1.54, 1.807) is 0 Å². The predicted octanol–water partition coefficient (Wildman–Crippen LogP) is -2.31. The lowest BCUT2D eigenvalue weighted by Crippen LogP contribution is -2.32. The second kappa shape index (κ2) is 2.66. The summed E-state index contributed by atoms with van der Waals surface area (Å²) in [5, 5.41) is 7.21. The van der Waals surface area contributed by atoms with Crippen LogP contribution in [-0.4, -0.2) is 49.4 Å². The highest BCUT2D eigenvalue weighted by molar-refractivity contribution is 7.94. The molecule has 1 aliphatic heterocycles. The smallest absolute Gasteiger partial charge is 0.154 e. The molecule has 1 rings (SSSR count). The minimum Gasteiger partial charge on any atom is -0.748 e. The first-order chi connectivity index (χ1) is 5.22. The van der Waals surface area contributed by atoms with Crippen molar-refractivity contribution < 1.29 is 26.5 Å². The lowest BCUT2D eigenvalue weighted by atomic mass is 10.3. The van der Waals surface area contributed by atoms with E-state index in [4.69, 9.17) is 5.11 Å². The van der Waals surface area contributed by atoms with Gasteiger partial charge in [-0.15, -0.1) is 0 Å². The summed E-state index contributed by atoms with van der Waals surface area (Å²) in [6, 6.07) is 0. The summed E-state index contributed by atoms with van der Waals surface area (Å²) in [6.45, 7) is 0. The van der Waals surface area contributed by atoms with Gasteiger partial charge in [0.2, 0.25) is 0 Å². The molecule has 0 aliphatic carbocycles. The van der Waals surface area contributed by atoms with E-state index in [0.717, 1.165) is 0 Å². The second-order valence-electron chi connectivity index (χ2n) is 2.68. The van der Waals surface area contributed by atoms with Crippen LogP contribution in [0.3, 0.4) is 0 Å². The number of aliphatic hydroxyl groups is 1. The van der Waals surface area contributed by atoms with E-state index >= 15 is 0 Å². The first kappa shape index (κ1) is 9.90. The Kier molecular flexibility index (Phi) is 2.19. The molecule has 0 bridgehead atoms. The van der Waals surface area contributed by atoms with Crippen LogP contribution in [0, 0.1) is 0 Å². The van der Waals surface area contributed by atoms with Gasteiger partial charge in [0, 0.05) is 0 Å². The largest absolute Gasteiger partial charge is 0.748 e. The zero-order valence-corrected chi connectivity index (χ0v) is 7.51. The highest BCUT2D eigenvalue weighted by atomic mass is 32.2. The predicted molar refractivity (Wildman–Crippen MR) is 38.1 cm³/mol. The topological polar surface area (TPSA) is 112 Å². The summed E-state index contributed by atoms with van der Waals surface area (Å²) in [7, 11) is -8.26. The molecule has 1 N–H and O–H groups in total. The summed E-state index contributed by atoms with van der Waals surface area (Å²) in [4.78, 5) is 0. The maximum atomic E-state index is 10.7. The first-order valence-electron chi connectivity index (χ1n) is 3.05. The highest BCUT2D eigenvalue weighted by Crippen LogP contribution is 2.18. The van der Waals surface area contributed by atoms with Crippen LogP contribution in [0.4, 0.5) is 0 Å². The molecule has 0 amide bonds. The minimum absolute atomic E-state index is 0.640. The Labute approximate surface area is 69.9 Å². The van der Waals surface area contributed by atoms with Gasteiger partial charge in [-0.05, 0) is 0 Å². The van der Waals surface area contributed by atoms with E-state index in [1.807, 2.05) is 0 Å². The standard InChI is InChI=1S/C4H8O6S2/c5-3-1-11(6,7)2-4(3)12(8,9)10/h3-5H,1-2H2,(H,8,9,10)/p-1/t3-,4-/m1/s1. The number of hydrogen-bond donors (Lipinski definition) is 1. The Bertz CT molecular complexity index is 364. The molecule has 12 heavy (non-hydrogen) atoms. The molecule has 0 aromatic carbocycles. The van der Waals surface area contributed by atoms with Crippen LogP contribution < -0.4 is 0 Å². The fraction of sp³-hybridized carbons (Fsp3) is 1.00. The fourth-order valence-electron chi connectivity index (χ4n) is 1.07. The van der Waals surface area contributed by atoms with Crippen molar-refractivity contribution in [3.8, 4) is 0 Å². The average Bonchev–Trinajstić information content (AvgIpc) is 2.03. The van der Waals surface area contributed by atoms with Crippen molar-refractivity contribution >= 4 is 20.0 Å². The van der Waals surface area contributed by atoms with E-state index in [9.17, 15) is 21.4 Å². The van der Waals surface area contributed by atoms with Gasteiger partial charge in [-0.25, -0.2) is 16.8 Å². The highest BCUT2D eigenvalue weighted by Gasteiger charge is 2.40. The molecule has 1 saturated heterocycles. The summed E-state index contributed by atoms with van der Waals surface area (Å²) >= 11 is 0. The molecular formula is C4H7O6S2-. The lowest BCUT2D eigenvalue weighted by Gasteiger charge is -2.16. The number of aliphatic hydroxyl groups excluding tert-OH is 1. The molecule has 0 spiro atoms. The Hall–Kier alpha value is -0.180. The molecular weight excluding hydrogens is 208 g/mol. The van der Waals surface area contributed by atoms with Crippen molar-refractivity contribution in [1.29, 1.82) is 0 Å². The molecule has 72 valence electrons. The SMILES string of the molecule is O=S1(=O)C[C@@H](O)[C@H](S(=O)(=O)[O-])C1. The number of rotatable bonds is 1. The van der Waals surface area contributed by atoms with Crippen LogP contribution in [0.1, 0.15) is 0 Å². The van der Waals surface area contributed by atoms with E-state index in [2.05, 4.69) is 0 Å². The molecule has 0 aromatic rings. The maximum absolute atomic E-state index is 10.7. The van der Waals surface area contributed by atoms with Crippen LogP contribution in [0.15, 0.2) is 0 Å². The molecule has 6 nitrogen and oxygen atoms in total. The van der Waals surface area contributed by atoms with Gasteiger partial charge in [-0.3, -0.25) is 0 Å². The van der Waals surface area contributed by atoms with E-state index < -0.39 is 42.8 Å². The number of hydrogen-bond acceptors (Lipinski definition) is 6. The van der Waals surface area contributed by atoms with E-state index in [0.29, 0.717) is 0 Å². The fourth-order valence-corrected chi connectivity index (χ4v) is 4.58. The van der Waals surface area contributed by atoms with Crippen LogP contribution in [0.5, 0.6) is 0 Å². The molecule has 0 saturated carbocycles. The van der Waals surface area contributed by atoms with Crippen molar-refractivity contribution in [2.24, 2.45) is 0 Å². The van der Waals surface area contributed by atoms with Crippen molar-refractivity contribution in [2.75, 3.05) is 11.5 Å². The van der Waals surface area contributed by atoms with Crippen LogP contribution in [-0.2, 0) is 20.0 Å². The Morgan fingerprint density at radius 2 is 1.83 bits per heavy atom. The Balaban J connectivity index is 3.01. The van der Waals surface area contributed by atoms with Crippen molar-refractivity contribution in [2.45, 2.75) is 11.4 Å². The second-order valence-corrected chi connectivity index (χ2v) is 6.42.